The zero-order valence-electron chi connectivity index (χ0n) is 10.9. The van der Waals surface area contributed by atoms with E-state index in [9.17, 15) is 4.79 Å². The molecule has 0 N–H and O–H groups in total. The van der Waals surface area contributed by atoms with E-state index in [1.165, 1.54) is 0 Å². The minimum Gasteiger partial charge on any atom is -0.497 e. The second-order valence-corrected chi connectivity index (χ2v) is 4.33. The van der Waals surface area contributed by atoms with E-state index in [0.29, 0.717) is 5.69 Å². The normalized spacial score (nSPS) is 10.4. The molecule has 0 bridgehead atoms. The SMILES string of the molecule is COc1ccc(-c2nnc(C=O)c3ccccc23)cc1. The van der Waals surface area contributed by atoms with E-state index in [4.69, 9.17) is 4.74 Å². The summed E-state index contributed by atoms with van der Waals surface area (Å²) in [5.41, 5.74) is 2.05. The maximum absolute atomic E-state index is 11.0. The monoisotopic (exact) mass is 264 g/mol. The molecule has 0 spiro atoms. The zero-order valence-corrected chi connectivity index (χ0v) is 10.9. The molecule has 20 heavy (non-hydrogen) atoms. The predicted molar refractivity (Wildman–Crippen MR) is 76.9 cm³/mol. The van der Waals surface area contributed by atoms with Crippen molar-refractivity contribution < 1.29 is 9.53 Å². The smallest absolute Gasteiger partial charge is 0.170 e. The van der Waals surface area contributed by atoms with E-state index in [2.05, 4.69) is 10.2 Å². The third-order valence-electron chi connectivity index (χ3n) is 3.19. The number of benzene rings is 2. The molecule has 3 rings (SSSR count). The van der Waals surface area contributed by atoms with Gasteiger partial charge in [0.25, 0.3) is 0 Å². The molecular weight excluding hydrogens is 252 g/mol. The molecular formula is C16H12N2O2. The Bertz CT molecular complexity index is 767. The molecule has 0 fully saturated rings. The third kappa shape index (κ3) is 2.01. The number of methoxy groups -OCH3 is 1. The Morgan fingerprint density at radius 1 is 0.950 bits per heavy atom. The molecule has 0 unspecified atom stereocenters. The summed E-state index contributed by atoms with van der Waals surface area (Å²) in [7, 11) is 1.63. The highest BCUT2D eigenvalue weighted by Crippen LogP contribution is 2.28. The fourth-order valence-electron chi connectivity index (χ4n) is 2.17. The van der Waals surface area contributed by atoms with Crippen molar-refractivity contribution in [3.05, 3.63) is 54.2 Å². The van der Waals surface area contributed by atoms with E-state index in [0.717, 1.165) is 34.1 Å². The number of nitrogens with zero attached hydrogens (tertiary/aromatic N) is 2. The van der Waals surface area contributed by atoms with Crippen LogP contribution in [0.1, 0.15) is 10.5 Å². The van der Waals surface area contributed by atoms with Crippen LogP contribution in [0.4, 0.5) is 0 Å². The van der Waals surface area contributed by atoms with Gasteiger partial charge in [-0.15, -0.1) is 10.2 Å². The van der Waals surface area contributed by atoms with E-state index < -0.39 is 0 Å². The van der Waals surface area contributed by atoms with Crippen molar-refractivity contribution in [2.24, 2.45) is 0 Å². The number of fused-ring (bicyclic) bond motifs is 1. The fourth-order valence-corrected chi connectivity index (χ4v) is 2.17. The molecule has 0 aliphatic rings. The Labute approximate surface area is 116 Å². The van der Waals surface area contributed by atoms with Crippen molar-refractivity contribution in [3.8, 4) is 17.0 Å². The van der Waals surface area contributed by atoms with Crippen LogP contribution in [-0.2, 0) is 0 Å². The van der Waals surface area contributed by atoms with Gasteiger partial charge in [0.1, 0.15) is 17.1 Å². The van der Waals surface area contributed by atoms with Gasteiger partial charge in [-0.3, -0.25) is 4.79 Å². The molecule has 1 heterocycles. The van der Waals surface area contributed by atoms with Crippen LogP contribution in [0.5, 0.6) is 5.75 Å². The van der Waals surface area contributed by atoms with E-state index in [1.807, 2.05) is 48.5 Å². The van der Waals surface area contributed by atoms with Gasteiger partial charge < -0.3 is 4.74 Å². The lowest BCUT2D eigenvalue weighted by molar-refractivity contribution is 0.112. The van der Waals surface area contributed by atoms with Crippen LogP contribution in [0.3, 0.4) is 0 Å². The highest BCUT2D eigenvalue weighted by atomic mass is 16.5. The maximum atomic E-state index is 11.0. The molecule has 0 saturated carbocycles. The van der Waals surface area contributed by atoms with Gasteiger partial charge in [-0.05, 0) is 24.3 Å². The summed E-state index contributed by atoms with van der Waals surface area (Å²) in [5.74, 6) is 0.788. The second kappa shape index (κ2) is 5.09. The van der Waals surface area contributed by atoms with E-state index in [1.54, 1.807) is 7.11 Å². The largest absolute Gasteiger partial charge is 0.497 e. The van der Waals surface area contributed by atoms with Gasteiger partial charge in [-0.2, -0.15) is 0 Å². The summed E-state index contributed by atoms with van der Waals surface area (Å²) in [5, 5.41) is 9.90. The maximum Gasteiger partial charge on any atom is 0.170 e. The van der Waals surface area contributed by atoms with Crippen molar-refractivity contribution in [3.63, 3.8) is 0 Å². The topological polar surface area (TPSA) is 52.1 Å². The lowest BCUT2D eigenvalue weighted by atomic mass is 10.0. The lowest BCUT2D eigenvalue weighted by Crippen LogP contribution is -1.96. The standard InChI is InChI=1S/C16H12N2O2/c1-20-12-8-6-11(7-9-12)16-14-5-3-2-4-13(14)15(10-19)17-18-16/h2-10H,1H3. The van der Waals surface area contributed by atoms with Crippen LogP contribution >= 0.6 is 0 Å². The van der Waals surface area contributed by atoms with Gasteiger partial charge in [0.2, 0.25) is 0 Å². The lowest BCUT2D eigenvalue weighted by Gasteiger charge is -2.07. The molecule has 4 heteroatoms. The van der Waals surface area contributed by atoms with Gasteiger partial charge in [-0.1, -0.05) is 24.3 Å². The zero-order chi connectivity index (χ0) is 13.9. The summed E-state index contributed by atoms with van der Waals surface area (Å²) in [6.07, 6.45) is 0.729. The molecule has 0 atom stereocenters. The number of ether oxygens (including phenoxy) is 1. The molecule has 0 saturated heterocycles. The number of hydrogen-bond donors (Lipinski definition) is 0. The first-order valence-corrected chi connectivity index (χ1v) is 6.18. The molecule has 0 radical (unpaired) electrons. The van der Waals surface area contributed by atoms with Crippen LogP contribution in [-0.4, -0.2) is 23.6 Å². The average molecular weight is 264 g/mol. The minimum absolute atomic E-state index is 0.359. The summed E-state index contributed by atoms with van der Waals surface area (Å²) < 4.78 is 5.15. The average Bonchev–Trinajstić information content (AvgIpc) is 2.54. The first kappa shape index (κ1) is 12.3. The van der Waals surface area contributed by atoms with Crippen LogP contribution < -0.4 is 4.74 Å². The Balaban J connectivity index is 2.23. The van der Waals surface area contributed by atoms with Gasteiger partial charge >= 0.3 is 0 Å². The first-order valence-electron chi connectivity index (χ1n) is 6.18. The Morgan fingerprint density at radius 3 is 2.30 bits per heavy atom. The summed E-state index contributed by atoms with van der Waals surface area (Å²) in [4.78, 5) is 11.0. The highest BCUT2D eigenvalue weighted by molar-refractivity contribution is 6.01. The molecule has 4 nitrogen and oxygen atoms in total. The number of carbonyl (C=O) groups is 1. The number of carbonyl (C=O) groups excluding carboxylic acids is 1. The van der Waals surface area contributed by atoms with E-state index >= 15 is 0 Å². The fraction of sp³-hybridized carbons (Fsp3) is 0.0625. The van der Waals surface area contributed by atoms with Crippen LogP contribution in [0.25, 0.3) is 22.0 Å². The first-order chi connectivity index (χ1) is 9.83. The molecule has 0 amide bonds. The van der Waals surface area contributed by atoms with Crippen LogP contribution in [0.2, 0.25) is 0 Å². The highest BCUT2D eigenvalue weighted by Gasteiger charge is 2.10. The third-order valence-corrected chi connectivity index (χ3v) is 3.19. The number of rotatable bonds is 3. The van der Waals surface area contributed by atoms with Crippen LogP contribution in [0.15, 0.2) is 48.5 Å². The van der Waals surface area contributed by atoms with Gasteiger partial charge in [0.15, 0.2) is 6.29 Å². The predicted octanol–water partition coefficient (Wildman–Crippen LogP) is 3.12. The van der Waals surface area contributed by atoms with Gasteiger partial charge in [-0.25, -0.2) is 0 Å². The van der Waals surface area contributed by atoms with Crippen LogP contribution in [0, 0.1) is 0 Å². The van der Waals surface area contributed by atoms with Gasteiger partial charge in [0, 0.05) is 16.3 Å². The molecule has 1 aromatic heterocycles. The minimum atomic E-state index is 0.359. The Hall–Kier alpha value is -2.75. The summed E-state index contributed by atoms with van der Waals surface area (Å²) in [6, 6.07) is 15.2. The number of aromatic nitrogens is 2. The molecule has 3 aromatic rings. The van der Waals surface area contributed by atoms with Crippen molar-refractivity contribution >= 4 is 17.1 Å². The van der Waals surface area contributed by atoms with Crippen molar-refractivity contribution in [2.45, 2.75) is 0 Å². The Kier molecular flexibility index (Phi) is 3.13. The number of hydrogen-bond acceptors (Lipinski definition) is 4. The van der Waals surface area contributed by atoms with Crippen molar-refractivity contribution in [1.82, 2.24) is 10.2 Å². The van der Waals surface area contributed by atoms with E-state index in [-0.39, 0.29) is 0 Å². The van der Waals surface area contributed by atoms with Crippen molar-refractivity contribution in [1.29, 1.82) is 0 Å². The second-order valence-electron chi connectivity index (χ2n) is 4.33. The van der Waals surface area contributed by atoms with Crippen molar-refractivity contribution in [2.75, 3.05) is 7.11 Å². The molecule has 98 valence electrons. The molecule has 0 aliphatic heterocycles. The quantitative estimate of drug-likeness (QED) is 0.682. The Morgan fingerprint density at radius 2 is 1.65 bits per heavy atom. The number of aldehydes is 1. The summed E-state index contributed by atoms with van der Waals surface area (Å²) >= 11 is 0. The molecule has 2 aromatic carbocycles. The summed E-state index contributed by atoms with van der Waals surface area (Å²) in [6.45, 7) is 0. The molecule has 0 aliphatic carbocycles. The van der Waals surface area contributed by atoms with Gasteiger partial charge in [0.05, 0.1) is 7.11 Å².